The van der Waals surface area contributed by atoms with E-state index in [9.17, 15) is 22.4 Å². The Morgan fingerprint density at radius 1 is 1.41 bits per heavy atom. The minimum absolute atomic E-state index is 0.0360. The first-order valence-corrected chi connectivity index (χ1v) is 8.47. The Morgan fingerprint density at radius 2 is 2.15 bits per heavy atom. The minimum Gasteiger partial charge on any atom is -0.496 e. The standard InChI is InChI=1S/C16H15F4N3O3S/c1-3-26-13(24)6-9-8-27-15(22-9)23-21-7-10-12(25-2)5-4-11(17)14(10)16(18,19)20/h4-5,7-8H,3,6H2,1-2H3,(H,22,23). The molecule has 0 amide bonds. The summed E-state index contributed by atoms with van der Waals surface area (Å²) in [4.78, 5) is 15.5. The van der Waals surface area contributed by atoms with E-state index >= 15 is 0 Å². The number of thiazole rings is 1. The van der Waals surface area contributed by atoms with Crippen molar-refractivity contribution in [1.82, 2.24) is 4.98 Å². The minimum atomic E-state index is -4.92. The van der Waals surface area contributed by atoms with Crippen LogP contribution < -0.4 is 10.2 Å². The van der Waals surface area contributed by atoms with Crippen LogP contribution in [0.2, 0.25) is 0 Å². The maximum Gasteiger partial charge on any atom is 0.419 e. The van der Waals surface area contributed by atoms with Crippen molar-refractivity contribution in [3.63, 3.8) is 0 Å². The summed E-state index contributed by atoms with van der Waals surface area (Å²) in [6, 6.07) is 1.75. The van der Waals surface area contributed by atoms with Crippen molar-refractivity contribution < 1.29 is 31.8 Å². The predicted molar refractivity (Wildman–Crippen MR) is 91.6 cm³/mol. The summed E-state index contributed by atoms with van der Waals surface area (Å²) in [5.74, 6) is -2.07. The Kier molecular flexibility index (Phi) is 6.72. The Labute approximate surface area is 155 Å². The SMILES string of the molecule is CCOC(=O)Cc1csc(NN=Cc2c(OC)ccc(F)c2C(F)(F)F)n1. The number of hydrogen-bond donors (Lipinski definition) is 1. The third kappa shape index (κ3) is 5.39. The van der Waals surface area contributed by atoms with Crippen LogP contribution in [0.3, 0.4) is 0 Å². The summed E-state index contributed by atoms with van der Waals surface area (Å²) < 4.78 is 62.7. The molecule has 1 heterocycles. The van der Waals surface area contributed by atoms with Crippen LogP contribution in [0.25, 0.3) is 0 Å². The van der Waals surface area contributed by atoms with Crippen LogP contribution in [0.5, 0.6) is 5.75 Å². The number of rotatable bonds is 7. The Bertz CT molecular complexity index is 837. The van der Waals surface area contributed by atoms with Crippen LogP contribution in [0.1, 0.15) is 23.7 Å². The fourth-order valence-electron chi connectivity index (χ4n) is 2.12. The summed E-state index contributed by atoms with van der Waals surface area (Å²) in [5.41, 5.74) is 0.842. The van der Waals surface area contributed by atoms with E-state index < -0.39 is 29.1 Å². The topological polar surface area (TPSA) is 72.8 Å². The van der Waals surface area contributed by atoms with Crippen LogP contribution in [-0.2, 0) is 22.1 Å². The van der Waals surface area contributed by atoms with E-state index in [0.717, 1.165) is 23.6 Å². The van der Waals surface area contributed by atoms with Gasteiger partial charge in [0.1, 0.15) is 17.1 Å². The van der Waals surface area contributed by atoms with Crippen molar-refractivity contribution in [3.8, 4) is 5.75 Å². The third-order valence-corrected chi connectivity index (χ3v) is 3.99. The van der Waals surface area contributed by atoms with E-state index in [1.807, 2.05) is 0 Å². The molecular weight excluding hydrogens is 390 g/mol. The highest BCUT2D eigenvalue weighted by molar-refractivity contribution is 7.13. The van der Waals surface area contributed by atoms with E-state index in [1.165, 1.54) is 7.11 Å². The highest BCUT2D eigenvalue weighted by Gasteiger charge is 2.38. The zero-order valence-electron chi connectivity index (χ0n) is 14.3. The molecule has 1 N–H and O–H groups in total. The number of anilines is 1. The molecule has 0 saturated heterocycles. The Balaban J connectivity index is 2.18. The zero-order valence-corrected chi connectivity index (χ0v) is 15.1. The number of nitrogens with zero attached hydrogens (tertiary/aromatic N) is 2. The lowest BCUT2D eigenvalue weighted by atomic mass is 10.1. The van der Waals surface area contributed by atoms with Crippen LogP contribution in [0, 0.1) is 5.82 Å². The number of nitrogens with one attached hydrogen (secondary N) is 1. The number of alkyl halides is 3. The lowest BCUT2D eigenvalue weighted by Gasteiger charge is -2.14. The van der Waals surface area contributed by atoms with Gasteiger partial charge in [0, 0.05) is 5.38 Å². The number of esters is 1. The van der Waals surface area contributed by atoms with E-state index in [0.29, 0.717) is 11.8 Å². The van der Waals surface area contributed by atoms with Gasteiger partial charge in [-0.3, -0.25) is 10.2 Å². The summed E-state index contributed by atoms with van der Waals surface area (Å²) in [7, 11) is 1.17. The van der Waals surface area contributed by atoms with E-state index in [-0.39, 0.29) is 23.9 Å². The first-order valence-electron chi connectivity index (χ1n) is 7.59. The lowest BCUT2D eigenvalue weighted by molar-refractivity contribution is -0.142. The molecule has 0 aliphatic heterocycles. The predicted octanol–water partition coefficient (Wildman–Crippen LogP) is 3.86. The smallest absolute Gasteiger partial charge is 0.419 e. The number of hydrogen-bond acceptors (Lipinski definition) is 7. The largest absolute Gasteiger partial charge is 0.496 e. The number of ether oxygens (including phenoxy) is 2. The molecule has 2 aromatic rings. The molecule has 0 unspecified atom stereocenters. The number of hydrazone groups is 1. The molecule has 0 aliphatic carbocycles. The second kappa shape index (κ2) is 8.80. The average Bonchev–Trinajstić information content (AvgIpc) is 3.01. The maximum atomic E-state index is 13.7. The van der Waals surface area contributed by atoms with Crippen LogP contribution in [0.4, 0.5) is 22.7 Å². The molecule has 0 spiro atoms. The molecule has 27 heavy (non-hydrogen) atoms. The second-order valence-corrected chi connectivity index (χ2v) is 5.89. The maximum absolute atomic E-state index is 13.7. The quantitative estimate of drug-likeness (QED) is 0.328. The van der Waals surface area contributed by atoms with Gasteiger partial charge in [-0.1, -0.05) is 0 Å². The van der Waals surface area contributed by atoms with Gasteiger partial charge in [0.2, 0.25) is 5.13 Å². The number of benzene rings is 1. The molecule has 2 rings (SSSR count). The molecule has 0 fully saturated rings. The molecule has 146 valence electrons. The second-order valence-electron chi connectivity index (χ2n) is 5.03. The first kappa shape index (κ1) is 20.6. The van der Waals surface area contributed by atoms with Crippen LogP contribution in [0.15, 0.2) is 22.6 Å². The van der Waals surface area contributed by atoms with Crippen LogP contribution in [-0.4, -0.2) is 30.9 Å². The molecular formula is C16H15F4N3O3S. The monoisotopic (exact) mass is 405 g/mol. The third-order valence-electron chi connectivity index (χ3n) is 3.19. The number of aromatic nitrogens is 1. The van der Waals surface area contributed by atoms with Crippen molar-refractivity contribution in [2.24, 2.45) is 5.10 Å². The molecule has 1 aromatic heterocycles. The van der Waals surface area contributed by atoms with Gasteiger partial charge in [0.05, 0.1) is 37.6 Å². The van der Waals surface area contributed by atoms with Gasteiger partial charge in [-0.15, -0.1) is 11.3 Å². The highest BCUT2D eigenvalue weighted by Crippen LogP contribution is 2.37. The zero-order chi connectivity index (χ0) is 20.0. The molecule has 0 bridgehead atoms. The van der Waals surface area contributed by atoms with Gasteiger partial charge in [0.25, 0.3) is 0 Å². The fraction of sp³-hybridized carbons (Fsp3) is 0.312. The van der Waals surface area contributed by atoms with Crippen molar-refractivity contribution in [2.75, 3.05) is 19.1 Å². The van der Waals surface area contributed by atoms with Crippen molar-refractivity contribution >= 4 is 28.7 Å². The van der Waals surface area contributed by atoms with Crippen LogP contribution >= 0.6 is 11.3 Å². The lowest BCUT2D eigenvalue weighted by Crippen LogP contribution is -2.13. The molecule has 0 saturated carbocycles. The van der Waals surface area contributed by atoms with Gasteiger partial charge < -0.3 is 9.47 Å². The van der Waals surface area contributed by atoms with Gasteiger partial charge in [-0.2, -0.15) is 18.3 Å². The summed E-state index contributed by atoms with van der Waals surface area (Å²) >= 11 is 1.10. The van der Waals surface area contributed by atoms with E-state index in [4.69, 9.17) is 9.47 Å². The fourth-order valence-corrected chi connectivity index (χ4v) is 2.78. The summed E-state index contributed by atoms with van der Waals surface area (Å²) in [6.07, 6.45) is -4.16. The average molecular weight is 405 g/mol. The first-order chi connectivity index (χ1) is 12.8. The summed E-state index contributed by atoms with van der Waals surface area (Å²) in [6.45, 7) is 1.92. The molecule has 1 aromatic carbocycles. The van der Waals surface area contributed by atoms with Gasteiger partial charge >= 0.3 is 12.1 Å². The Hall–Kier alpha value is -2.69. The van der Waals surface area contributed by atoms with Crippen molar-refractivity contribution in [2.45, 2.75) is 19.5 Å². The molecule has 0 aliphatic rings. The van der Waals surface area contributed by atoms with Crippen molar-refractivity contribution in [3.05, 3.63) is 40.2 Å². The molecule has 6 nitrogen and oxygen atoms in total. The van der Waals surface area contributed by atoms with E-state index in [2.05, 4.69) is 15.5 Å². The van der Waals surface area contributed by atoms with Crippen molar-refractivity contribution in [1.29, 1.82) is 0 Å². The Morgan fingerprint density at radius 3 is 2.78 bits per heavy atom. The van der Waals surface area contributed by atoms with E-state index in [1.54, 1.807) is 12.3 Å². The number of carbonyl (C=O) groups is 1. The molecule has 11 heteroatoms. The number of methoxy groups -OCH3 is 1. The summed E-state index contributed by atoms with van der Waals surface area (Å²) in [5, 5.41) is 5.50. The van der Waals surface area contributed by atoms with Gasteiger partial charge in [0.15, 0.2) is 0 Å². The van der Waals surface area contributed by atoms with Gasteiger partial charge in [-0.05, 0) is 19.1 Å². The highest BCUT2D eigenvalue weighted by atomic mass is 32.1. The number of carbonyl (C=O) groups excluding carboxylic acids is 1. The number of halogens is 4. The molecule has 0 radical (unpaired) electrons. The normalized spacial score (nSPS) is 11.6. The molecule has 0 atom stereocenters. The van der Waals surface area contributed by atoms with Gasteiger partial charge in [-0.25, -0.2) is 9.37 Å².